The van der Waals surface area contributed by atoms with Gasteiger partial charge in [0, 0.05) is 31.8 Å². The number of ether oxygens (including phenoxy) is 1. The van der Waals surface area contributed by atoms with E-state index in [1.54, 1.807) is 13.2 Å². The Morgan fingerprint density at radius 3 is 2.71 bits per heavy atom. The van der Waals surface area contributed by atoms with Crippen LogP contribution in [0.2, 0.25) is 0 Å². The number of fused-ring (bicyclic) bond motifs is 1. The minimum Gasteiger partial charge on any atom is -0.381 e. The van der Waals surface area contributed by atoms with Crippen LogP contribution in [0.1, 0.15) is 41.5 Å². The predicted molar refractivity (Wildman–Crippen MR) is 114 cm³/mol. The summed E-state index contributed by atoms with van der Waals surface area (Å²) in [6.45, 7) is 1.08. The van der Waals surface area contributed by atoms with E-state index in [2.05, 4.69) is 5.18 Å². The molecule has 1 aliphatic heterocycles. The summed E-state index contributed by atoms with van der Waals surface area (Å²) in [5.41, 5.74) is 4.30. The van der Waals surface area contributed by atoms with Crippen LogP contribution in [0, 0.1) is 22.5 Å². The maximum atomic E-state index is 14.7. The molecule has 0 bridgehead atoms. The van der Waals surface area contributed by atoms with Gasteiger partial charge in [0.15, 0.2) is 11.6 Å². The molecule has 164 valence electrons. The predicted octanol–water partition coefficient (Wildman–Crippen LogP) is 4.72. The van der Waals surface area contributed by atoms with Gasteiger partial charge in [-0.3, -0.25) is 4.79 Å². The van der Waals surface area contributed by atoms with Gasteiger partial charge >= 0.3 is 0 Å². The van der Waals surface area contributed by atoms with Crippen LogP contribution in [0.5, 0.6) is 0 Å². The van der Waals surface area contributed by atoms with Gasteiger partial charge in [-0.05, 0) is 72.4 Å². The fourth-order valence-corrected chi connectivity index (χ4v) is 4.61. The first kappa shape index (κ1) is 21.6. The molecule has 0 spiro atoms. The van der Waals surface area contributed by atoms with Crippen LogP contribution >= 0.6 is 0 Å². The number of amides is 1. The van der Waals surface area contributed by atoms with Crippen molar-refractivity contribution in [3.8, 4) is 0 Å². The van der Waals surface area contributed by atoms with E-state index in [-0.39, 0.29) is 12.5 Å². The molecule has 0 radical (unpaired) electrons. The minimum absolute atomic E-state index is 0.0951. The van der Waals surface area contributed by atoms with Gasteiger partial charge in [-0.2, -0.15) is 0 Å². The molecule has 0 atom stereocenters. The zero-order valence-corrected chi connectivity index (χ0v) is 17.6. The molecule has 2 aliphatic rings. The van der Waals surface area contributed by atoms with Crippen molar-refractivity contribution in [1.29, 1.82) is 0 Å². The fraction of sp³-hybridized carbons (Fsp3) is 0.458. The van der Waals surface area contributed by atoms with Gasteiger partial charge in [0.2, 0.25) is 0 Å². The van der Waals surface area contributed by atoms with Gasteiger partial charge in [0.25, 0.3) is 5.91 Å². The second-order valence-electron chi connectivity index (χ2n) is 8.57. The molecule has 31 heavy (non-hydrogen) atoms. The molecule has 1 heterocycles. The molecule has 1 fully saturated rings. The van der Waals surface area contributed by atoms with Crippen LogP contribution in [0.15, 0.2) is 35.5 Å². The number of rotatable bonds is 7. The SMILES string of the molecule is COC1CC(Cc2cc(F)c(F)c(N3CCc4cc(CCC(=O)N=O)ccc4C3)c2)C1. The largest absolute Gasteiger partial charge is 0.381 e. The van der Waals surface area contributed by atoms with E-state index in [4.69, 9.17) is 4.74 Å². The van der Waals surface area contributed by atoms with Crippen LogP contribution < -0.4 is 4.90 Å². The molecule has 7 heteroatoms. The lowest BCUT2D eigenvalue weighted by atomic mass is 9.78. The third kappa shape index (κ3) is 4.82. The summed E-state index contributed by atoms with van der Waals surface area (Å²) in [6, 6.07) is 9.01. The summed E-state index contributed by atoms with van der Waals surface area (Å²) in [4.78, 5) is 23.3. The zero-order chi connectivity index (χ0) is 22.0. The summed E-state index contributed by atoms with van der Waals surface area (Å²) in [5, 5.41) is 2.42. The monoisotopic (exact) mass is 428 g/mol. The molecule has 0 aromatic heterocycles. The number of aryl methyl sites for hydroxylation is 1. The Morgan fingerprint density at radius 1 is 1.16 bits per heavy atom. The minimum atomic E-state index is -0.801. The number of methoxy groups -OCH3 is 1. The molecule has 0 saturated heterocycles. The second kappa shape index (κ2) is 9.22. The topological polar surface area (TPSA) is 59.0 Å². The van der Waals surface area contributed by atoms with Crippen molar-refractivity contribution in [3.63, 3.8) is 0 Å². The molecular weight excluding hydrogens is 402 g/mol. The van der Waals surface area contributed by atoms with Gasteiger partial charge < -0.3 is 9.64 Å². The maximum absolute atomic E-state index is 14.7. The summed E-state index contributed by atoms with van der Waals surface area (Å²) < 4.78 is 34.3. The lowest BCUT2D eigenvalue weighted by Gasteiger charge is -2.35. The van der Waals surface area contributed by atoms with E-state index in [1.165, 1.54) is 6.07 Å². The third-order valence-corrected chi connectivity index (χ3v) is 6.47. The first-order valence-corrected chi connectivity index (χ1v) is 10.7. The Hall–Kier alpha value is -2.67. The first-order chi connectivity index (χ1) is 15.0. The van der Waals surface area contributed by atoms with Gasteiger partial charge in [0.1, 0.15) is 0 Å². The number of carbonyl (C=O) groups is 1. The molecule has 4 rings (SSSR count). The zero-order valence-electron chi connectivity index (χ0n) is 17.6. The average Bonchev–Trinajstić information content (AvgIpc) is 2.75. The average molecular weight is 428 g/mol. The quantitative estimate of drug-likeness (QED) is 0.599. The van der Waals surface area contributed by atoms with Crippen molar-refractivity contribution >= 4 is 11.6 Å². The highest BCUT2D eigenvalue weighted by Gasteiger charge is 2.30. The Labute approximate surface area is 180 Å². The summed E-state index contributed by atoms with van der Waals surface area (Å²) >= 11 is 0. The molecule has 1 aliphatic carbocycles. The van der Waals surface area contributed by atoms with E-state index >= 15 is 0 Å². The smallest absolute Gasteiger partial charge is 0.286 e. The molecule has 2 aromatic carbocycles. The number of hydrogen-bond acceptors (Lipinski definition) is 4. The van der Waals surface area contributed by atoms with E-state index in [0.29, 0.717) is 37.5 Å². The van der Waals surface area contributed by atoms with Crippen molar-refractivity contribution in [2.24, 2.45) is 11.1 Å². The number of hydrogen-bond donors (Lipinski definition) is 0. The molecule has 1 amide bonds. The number of halogens is 2. The Morgan fingerprint density at radius 2 is 1.97 bits per heavy atom. The highest BCUT2D eigenvalue weighted by Crippen LogP contribution is 2.35. The van der Waals surface area contributed by atoms with Crippen molar-refractivity contribution in [2.75, 3.05) is 18.6 Å². The van der Waals surface area contributed by atoms with Crippen LogP contribution in [0.3, 0.4) is 0 Å². The van der Waals surface area contributed by atoms with Crippen LogP contribution in [0.4, 0.5) is 14.5 Å². The summed E-state index contributed by atoms with van der Waals surface area (Å²) in [7, 11) is 1.70. The van der Waals surface area contributed by atoms with Gasteiger partial charge in [0.05, 0.1) is 11.8 Å². The summed E-state index contributed by atoms with van der Waals surface area (Å²) in [5.74, 6) is -1.80. The molecule has 0 N–H and O–H groups in total. The molecule has 0 unspecified atom stereocenters. The Balaban J connectivity index is 1.47. The number of nitroso groups, excluding NO2 is 1. The van der Waals surface area contributed by atoms with Gasteiger partial charge in [-0.1, -0.05) is 18.2 Å². The normalized spacial score (nSPS) is 20.2. The highest BCUT2D eigenvalue weighted by molar-refractivity contribution is 5.76. The van der Waals surface area contributed by atoms with Crippen LogP contribution in [0.25, 0.3) is 0 Å². The van der Waals surface area contributed by atoms with Crippen molar-refractivity contribution in [1.82, 2.24) is 0 Å². The molecule has 1 saturated carbocycles. The number of carbonyl (C=O) groups excluding carboxylic acids is 1. The van der Waals surface area contributed by atoms with E-state index < -0.39 is 17.5 Å². The standard InChI is InChI=1S/C24H26F2N2O3/c1-31-20-10-16(11-20)8-17-12-21(25)24(26)22(13-17)28-7-6-18-9-15(2-4-19(18)14-28)3-5-23(29)27-30/h2,4,9,12-13,16,20H,3,5-8,10-11,14H2,1H3. The van der Waals surface area contributed by atoms with Crippen molar-refractivity contribution in [3.05, 3.63) is 69.1 Å². The van der Waals surface area contributed by atoms with Crippen molar-refractivity contribution < 1.29 is 18.3 Å². The molecule has 2 aromatic rings. The van der Waals surface area contributed by atoms with Gasteiger partial charge in [-0.15, -0.1) is 4.91 Å². The Kier molecular flexibility index (Phi) is 6.41. The molecular formula is C24H26F2N2O3. The lowest BCUT2D eigenvalue weighted by Crippen LogP contribution is -2.32. The number of benzene rings is 2. The first-order valence-electron chi connectivity index (χ1n) is 10.7. The lowest BCUT2D eigenvalue weighted by molar-refractivity contribution is -0.117. The Bertz CT molecular complexity index is 989. The van der Waals surface area contributed by atoms with Crippen LogP contribution in [-0.4, -0.2) is 25.7 Å². The summed E-state index contributed by atoms with van der Waals surface area (Å²) in [6.07, 6.45) is 4.19. The number of nitrogens with zero attached hydrogens (tertiary/aromatic N) is 2. The fourth-order valence-electron chi connectivity index (χ4n) is 4.61. The molecule has 5 nitrogen and oxygen atoms in total. The van der Waals surface area contributed by atoms with E-state index in [9.17, 15) is 18.5 Å². The van der Waals surface area contributed by atoms with Gasteiger partial charge in [-0.25, -0.2) is 8.78 Å². The van der Waals surface area contributed by atoms with Crippen molar-refractivity contribution in [2.45, 2.75) is 51.2 Å². The van der Waals surface area contributed by atoms with E-state index in [1.807, 2.05) is 23.1 Å². The maximum Gasteiger partial charge on any atom is 0.286 e. The third-order valence-electron chi connectivity index (χ3n) is 6.47. The van der Waals surface area contributed by atoms with Crippen LogP contribution in [-0.2, 0) is 35.3 Å². The second-order valence-corrected chi connectivity index (χ2v) is 8.57. The van der Waals surface area contributed by atoms with E-state index in [0.717, 1.165) is 41.5 Å². The number of anilines is 1. The highest BCUT2D eigenvalue weighted by atomic mass is 19.2.